The lowest BCUT2D eigenvalue weighted by Crippen LogP contribution is -2.12. The van der Waals surface area contributed by atoms with Crippen molar-refractivity contribution in [3.05, 3.63) is 51.9 Å². The van der Waals surface area contributed by atoms with Crippen LogP contribution in [0.25, 0.3) is 0 Å². The zero-order valence-electron chi connectivity index (χ0n) is 19.8. The smallest absolute Gasteiger partial charge is 0.251 e. The number of hydrogen-bond donors (Lipinski definition) is 4. The SMILES string of the molecule is CCCC.CCNc1cc(N=O)c(C(N)=O)cc1SNc1cc(C)cc(CO)c1.COC. The Balaban J connectivity index is 0.00000121. The van der Waals surface area contributed by atoms with E-state index in [2.05, 4.69) is 33.8 Å². The van der Waals surface area contributed by atoms with Gasteiger partial charge in [0, 0.05) is 26.5 Å². The first-order valence-electron chi connectivity index (χ1n) is 10.4. The molecule has 8 nitrogen and oxygen atoms in total. The predicted octanol–water partition coefficient (Wildman–Crippen LogP) is 5.60. The average Bonchev–Trinajstić information content (AvgIpc) is 2.78. The number of nitrogens with one attached hydrogen (secondary N) is 2. The van der Waals surface area contributed by atoms with Gasteiger partial charge >= 0.3 is 0 Å². The van der Waals surface area contributed by atoms with Gasteiger partial charge in [0.1, 0.15) is 5.69 Å². The highest BCUT2D eigenvalue weighted by Crippen LogP contribution is 2.35. The van der Waals surface area contributed by atoms with Gasteiger partial charge in [0.25, 0.3) is 5.91 Å². The summed E-state index contributed by atoms with van der Waals surface area (Å²) < 4.78 is 7.43. The number of ether oxygens (including phenoxy) is 1. The fourth-order valence-electron chi connectivity index (χ4n) is 2.38. The van der Waals surface area contributed by atoms with E-state index in [0.29, 0.717) is 17.1 Å². The van der Waals surface area contributed by atoms with Gasteiger partial charge in [-0.25, -0.2) is 0 Å². The van der Waals surface area contributed by atoms with Crippen molar-refractivity contribution in [3.63, 3.8) is 0 Å². The molecule has 2 aromatic carbocycles. The number of anilines is 2. The van der Waals surface area contributed by atoms with Gasteiger partial charge in [0.05, 0.1) is 22.8 Å². The van der Waals surface area contributed by atoms with Gasteiger partial charge in [-0.1, -0.05) is 32.8 Å². The summed E-state index contributed by atoms with van der Waals surface area (Å²) in [4.78, 5) is 23.2. The topological polar surface area (TPSA) is 126 Å². The van der Waals surface area contributed by atoms with E-state index >= 15 is 0 Å². The minimum atomic E-state index is -0.711. The Morgan fingerprint density at radius 2 is 1.75 bits per heavy atom. The lowest BCUT2D eigenvalue weighted by Gasteiger charge is -2.14. The van der Waals surface area contributed by atoms with E-state index in [1.807, 2.05) is 32.0 Å². The summed E-state index contributed by atoms with van der Waals surface area (Å²) in [5, 5.41) is 15.3. The standard InChI is InChI=1S/C17H20N4O3S.C4H10.C2H6O/c1-3-19-15-8-14(20-24)13(17(18)23)7-16(15)25-21-12-5-10(2)4-11(6-12)9-22;1-3-4-2;1-3-2/h4-8,19,21-22H,3,9H2,1-2H3,(H2,18,23);3-4H2,1-2H3;1-2H3. The Morgan fingerprint density at radius 1 is 1.12 bits per heavy atom. The fraction of sp³-hybridized carbons (Fsp3) is 0.435. The van der Waals surface area contributed by atoms with Crippen molar-refractivity contribution in [1.29, 1.82) is 0 Å². The van der Waals surface area contributed by atoms with Crippen LogP contribution in [0.4, 0.5) is 17.1 Å². The van der Waals surface area contributed by atoms with Crippen LogP contribution in [0.5, 0.6) is 0 Å². The van der Waals surface area contributed by atoms with Crippen molar-refractivity contribution in [1.82, 2.24) is 0 Å². The largest absolute Gasteiger partial charge is 0.392 e. The Hall–Kier alpha value is -2.62. The third-order valence-electron chi connectivity index (χ3n) is 3.93. The highest BCUT2D eigenvalue weighted by Gasteiger charge is 2.15. The molecule has 0 fully saturated rings. The summed E-state index contributed by atoms with van der Waals surface area (Å²) in [7, 11) is 3.25. The van der Waals surface area contributed by atoms with Gasteiger partial charge in [-0.05, 0) is 66.4 Å². The predicted molar refractivity (Wildman–Crippen MR) is 135 cm³/mol. The molecule has 5 N–H and O–H groups in total. The zero-order chi connectivity index (χ0) is 24.5. The molecule has 32 heavy (non-hydrogen) atoms. The lowest BCUT2D eigenvalue weighted by atomic mass is 10.1. The molecule has 0 saturated carbocycles. The molecule has 0 saturated heterocycles. The minimum absolute atomic E-state index is 0.00548. The molecule has 2 rings (SSSR count). The average molecular weight is 465 g/mol. The first-order chi connectivity index (χ1) is 15.3. The number of aliphatic hydroxyl groups is 1. The van der Waals surface area contributed by atoms with E-state index in [4.69, 9.17) is 5.73 Å². The molecule has 0 aliphatic carbocycles. The molecule has 0 unspecified atom stereocenters. The van der Waals surface area contributed by atoms with E-state index in [9.17, 15) is 14.8 Å². The number of primary amides is 1. The molecular formula is C23H36N4O4S. The monoisotopic (exact) mass is 464 g/mol. The Labute approximate surface area is 195 Å². The molecule has 0 radical (unpaired) electrons. The van der Waals surface area contributed by atoms with Crippen molar-refractivity contribution >= 4 is 34.9 Å². The number of benzene rings is 2. The number of carbonyl (C=O) groups excluding carboxylic acids is 1. The first-order valence-corrected chi connectivity index (χ1v) is 11.2. The molecule has 0 spiro atoms. The summed E-state index contributed by atoms with van der Waals surface area (Å²) in [5.41, 5.74) is 8.71. The molecule has 0 aliphatic rings. The van der Waals surface area contributed by atoms with Crippen LogP contribution >= 0.6 is 11.9 Å². The maximum atomic E-state index is 11.5. The van der Waals surface area contributed by atoms with Crippen molar-refractivity contribution < 1.29 is 14.6 Å². The minimum Gasteiger partial charge on any atom is -0.392 e. The number of rotatable bonds is 9. The molecule has 2 aromatic rings. The van der Waals surface area contributed by atoms with Gasteiger partial charge in [0.15, 0.2) is 0 Å². The van der Waals surface area contributed by atoms with E-state index in [1.54, 1.807) is 14.2 Å². The summed E-state index contributed by atoms with van der Waals surface area (Å²) in [6.45, 7) is 8.82. The molecule has 178 valence electrons. The fourth-order valence-corrected chi connectivity index (χ4v) is 3.14. The highest BCUT2D eigenvalue weighted by molar-refractivity contribution is 8.00. The number of hydrogen-bond acceptors (Lipinski definition) is 8. The Kier molecular flexibility index (Phi) is 15.6. The lowest BCUT2D eigenvalue weighted by molar-refractivity contribution is 0.100. The summed E-state index contributed by atoms with van der Waals surface area (Å²) in [5.74, 6) is -0.711. The Bertz CT molecular complexity index is 845. The van der Waals surface area contributed by atoms with Crippen LogP contribution in [0.1, 0.15) is 55.1 Å². The second-order valence-corrected chi connectivity index (χ2v) is 7.68. The maximum Gasteiger partial charge on any atom is 0.251 e. The van der Waals surface area contributed by atoms with E-state index in [0.717, 1.165) is 16.8 Å². The molecular weight excluding hydrogens is 428 g/mol. The number of aliphatic hydroxyl groups excluding tert-OH is 1. The number of carbonyl (C=O) groups is 1. The third kappa shape index (κ3) is 10.6. The van der Waals surface area contributed by atoms with Crippen LogP contribution < -0.4 is 15.8 Å². The van der Waals surface area contributed by atoms with Crippen LogP contribution in [-0.2, 0) is 11.3 Å². The van der Waals surface area contributed by atoms with Gasteiger partial charge in [-0.2, -0.15) is 0 Å². The molecule has 0 aliphatic heterocycles. The molecule has 9 heteroatoms. The highest BCUT2D eigenvalue weighted by atomic mass is 32.2. The molecule has 0 atom stereocenters. The van der Waals surface area contributed by atoms with Crippen molar-refractivity contribution in [2.75, 3.05) is 30.8 Å². The van der Waals surface area contributed by atoms with E-state index in [-0.39, 0.29) is 17.9 Å². The second kappa shape index (κ2) is 17.0. The summed E-state index contributed by atoms with van der Waals surface area (Å²) in [6, 6.07) is 8.72. The number of unbranched alkanes of at least 4 members (excludes halogenated alkanes) is 1. The second-order valence-electron chi connectivity index (χ2n) is 6.83. The number of amides is 1. The summed E-state index contributed by atoms with van der Waals surface area (Å²) >= 11 is 1.27. The molecule has 0 heterocycles. The normalized spacial score (nSPS) is 9.59. The van der Waals surface area contributed by atoms with Crippen LogP contribution in [0, 0.1) is 11.8 Å². The van der Waals surface area contributed by atoms with Crippen LogP contribution in [0.15, 0.2) is 40.4 Å². The van der Waals surface area contributed by atoms with E-state index < -0.39 is 5.91 Å². The van der Waals surface area contributed by atoms with E-state index in [1.165, 1.54) is 36.9 Å². The van der Waals surface area contributed by atoms with Gasteiger partial charge in [-0.15, -0.1) is 4.91 Å². The van der Waals surface area contributed by atoms with Crippen LogP contribution in [0.3, 0.4) is 0 Å². The molecule has 1 amide bonds. The number of nitrogens with zero attached hydrogens (tertiary/aromatic N) is 1. The zero-order valence-corrected chi connectivity index (χ0v) is 20.6. The van der Waals surface area contributed by atoms with Gasteiger partial charge in [-0.3, -0.25) is 4.79 Å². The van der Waals surface area contributed by atoms with Crippen molar-refractivity contribution in [2.24, 2.45) is 10.9 Å². The molecule has 0 bridgehead atoms. The van der Waals surface area contributed by atoms with Gasteiger partial charge in [0.2, 0.25) is 0 Å². The summed E-state index contributed by atoms with van der Waals surface area (Å²) in [6.07, 6.45) is 2.64. The Morgan fingerprint density at radius 3 is 2.22 bits per heavy atom. The molecule has 0 aromatic heterocycles. The maximum absolute atomic E-state index is 11.5. The van der Waals surface area contributed by atoms with Crippen molar-refractivity contribution in [3.8, 4) is 0 Å². The van der Waals surface area contributed by atoms with Crippen molar-refractivity contribution in [2.45, 2.75) is 52.0 Å². The van der Waals surface area contributed by atoms with Gasteiger partial charge < -0.3 is 25.6 Å². The number of nitrogens with two attached hydrogens (primary N) is 1. The quantitative estimate of drug-likeness (QED) is 0.281. The van der Waals surface area contributed by atoms with Crippen LogP contribution in [-0.4, -0.2) is 31.8 Å². The first kappa shape index (κ1) is 29.4. The van der Waals surface area contributed by atoms with Crippen LogP contribution in [0.2, 0.25) is 0 Å². The number of nitroso groups, excluding NO2 is 1. The number of aryl methyl sites for hydroxylation is 1. The number of methoxy groups -OCH3 is 1. The third-order valence-corrected chi connectivity index (χ3v) is 4.82.